The Kier molecular flexibility index (Phi) is 3.21. The standard InChI is InChI=1S/C9H15Cl3O2S/c1-3-6-5(2)9(15(10,11)12)7(13)4-8(9)14-6/h5-8,13H,3-4H2,1-2H3. The summed E-state index contributed by atoms with van der Waals surface area (Å²) in [4.78, 5) is 0. The molecule has 0 aromatic heterocycles. The maximum absolute atomic E-state index is 9.98. The fourth-order valence-electron chi connectivity index (χ4n) is 2.97. The minimum Gasteiger partial charge on any atom is -0.391 e. The van der Waals surface area contributed by atoms with Crippen molar-refractivity contribution in [1.29, 1.82) is 0 Å². The molecule has 0 spiro atoms. The van der Waals surface area contributed by atoms with E-state index >= 15 is 0 Å². The van der Waals surface area contributed by atoms with Gasteiger partial charge in [0, 0.05) is 20.0 Å². The minimum absolute atomic E-state index is 0.0741. The number of hydrogen-bond acceptors (Lipinski definition) is 2. The summed E-state index contributed by atoms with van der Waals surface area (Å²) < 4.78 is 5.20. The molecule has 1 N–H and O–H groups in total. The Labute approximate surface area is 105 Å². The van der Waals surface area contributed by atoms with E-state index in [-0.39, 0.29) is 18.1 Å². The molecule has 0 bridgehead atoms. The van der Waals surface area contributed by atoms with Crippen molar-refractivity contribution in [2.75, 3.05) is 0 Å². The highest BCUT2D eigenvalue weighted by molar-refractivity contribution is 8.79. The van der Waals surface area contributed by atoms with Gasteiger partial charge in [-0.2, -0.15) is 0 Å². The molecule has 2 fully saturated rings. The lowest BCUT2D eigenvalue weighted by atomic mass is 9.71. The van der Waals surface area contributed by atoms with Crippen molar-refractivity contribution in [3.8, 4) is 0 Å². The molecule has 0 radical (unpaired) electrons. The van der Waals surface area contributed by atoms with Crippen LogP contribution in [0.2, 0.25) is 0 Å². The van der Waals surface area contributed by atoms with Crippen molar-refractivity contribution in [2.45, 2.75) is 49.7 Å². The predicted molar refractivity (Wildman–Crippen MR) is 66.6 cm³/mol. The Morgan fingerprint density at radius 3 is 2.40 bits per heavy atom. The van der Waals surface area contributed by atoms with Gasteiger partial charge in [-0.1, -0.05) is 13.8 Å². The third kappa shape index (κ3) is 1.47. The molecule has 1 aliphatic carbocycles. The monoisotopic (exact) mass is 292 g/mol. The van der Waals surface area contributed by atoms with E-state index in [1.165, 1.54) is 0 Å². The molecule has 6 heteroatoms. The van der Waals surface area contributed by atoms with E-state index < -0.39 is 18.5 Å². The van der Waals surface area contributed by atoms with Crippen LogP contribution in [-0.2, 0) is 4.74 Å². The molecule has 0 amide bonds. The Bertz CT molecular complexity index is 271. The molecule has 1 aliphatic heterocycles. The van der Waals surface area contributed by atoms with Gasteiger partial charge in [-0.3, -0.25) is 0 Å². The van der Waals surface area contributed by atoms with Gasteiger partial charge in [-0.25, -0.2) is 0 Å². The average Bonchev–Trinajstić information content (AvgIpc) is 2.31. The fraction of sp³-hybridized carbons (Fsp3) is 1.00. The summed E-state index contributed by atoms with van der Waals surface area (Å²) in [5.41, 5.74) is 0. The third-order valence-electron chi connectivity index (χ3n) is 3.87. The first-order valence-corrected chi connectivity index (χ1v) is 9.22. The van der Waals surface area contributed by atoms with Crippen LogP contribution in [0.4, 0.5) is 0 Å². The first-order valence-electron chi connectivity index (χ1n) is 5.11. The molecule has 0 aromatic carbocycles. The number of rotatable bonds is 2. The zero-order valence-electron chi connectivity index (χ0n) is 8.62. The van der Waals surface area contributed by atoms with E-state index in [9.17, 15) is 5.11 Å². The van der Waals surface area contributed by atoms with Crippen molar-refractivity contribution in [3.63, 3.8) is 0 Å². The van der Waals surface area contributed by atoms with E-state index in [1.54, 1.807) is 0 Å². The van der Waals surface area contributed by atoms with Crippen molar-refractivity contribution in [3.05, 3.63) is 0 Å². The van der Waals surface area contributed by atoms with Gasteiger partial charge >= 0.3 is 0 Å². The first kappa shape index (κ1) is 12.6. The fourth-order valence-corrected chi connectivity index (χ4v) is 7.48. The molecule has 2 nitrogen and oxygen atoms in total. The molecular formula is C9H15Cl3O2S. The van der Waals surface area contributed by atoms with Crippen molar-refractivity contribution in [1.82, 2.24) is 0 Å². The average molecular weight is 294 g/mol. The van der Waals surface area contributed by atoms with E-state index in [1.807, 2.05) is 6.92 Å². The van der Waals surface area contributed by atoms with Crippen LogP contribution in [0, 0.1) is 5.92 Å². The lowest BCUT2D eigenvalue weighted by Crippen LogP contribution is -2.63. The first-order chi connectivity index (χ1) is 6.85. The second-order valence-corrected chi connectivity index (χ2v) is 11.5. The molecule has 1 saturated heterocycles. The van der Waals surface area contributed by atoms with Crippen LogP contribution in [0.25, 0.3) is 0 Å². The van der Waals surface area contributed by atoms with E-state index in [4.69, 9.17) is 36.8 Å². The molecule has 1 heterocycles. The topological polar surface area (TPSA) is 29.5 Å². The Hall–Kier alpha value is 1.14. The van der Waals surface area contributed by atoms with Gasteiger partial charge in [-0.05, 0) is 38.5 Å². The molecule has 15 heavy (non-hydrogen) atoms. The zero-order chi connectivity index (χ0) is 11.4. The van der Waals surface area contributed by atoms with Gasteiger partial charge in [0.15, 0.2) is 0 Å². The molecule has 90 valence electrons. The van der Waals surface area contributed by atoms with Gasteiger partial charge < -0.3 is 9.84 Å². The minimum atomic E-state index is -2.36. The summed E-state index contributed by atoms with van der Waals surface area (Å²) in [6.07, 6.45) is 0.996. The number of fused-ring (bicyclic) bond motifs is 1. The summed E-state index contributed by atoms with van der Waals surface area (Å²) >= 11 is 0. The highest BCUT2D eigenvalue weighted by Crippen LogP contribution is 2.81. The molecule has 2 rings (SSSR count). The van der Waals surface area contributed by atoms with Gasteiger partial charge in [0.1, 0.15) is 0 Å². The second kappa shape index (κ2) is 3.82. The highest BCUT2D eigenvalue weighted by Gasteiger charge is 2.71. The molecule has 0 aromatic rings. The molecule has 5 atom stereocenters. The molecule has 5 unspecified atom stereocenters. The van der Waals surface area contributed by atoms with Crippen LogP contribution < -0.4 is 0 Å². The van der Waals surface area contributed by atoms with Crippen LogP contribution in [0.3, 0.4) is 0 Å². The lowest BCUT2D eigenvalue weighted by Gasteiger charge is -2.55. The highest BCUT2D eigenvalue weighted by atomic mass is 36.2. The van der Waals surface area contributed by atoms with E-state index in [0.29, 0.717) is 6.42 Å². The van der Waals surface area contributed by atoms with Crippen molar-refractivity contribution >= 4 is 39.7 Å². The summed E-state index contributed by atoms with van der Waals surface area (Å²) in [6.45, 7) is 4.07. The number of aliphatic hydroxyl groups excluding tert-OH is 1. The number of hydrogen-bond donors (Lipinski definition) is 1. The quantitative estimate of drug-likeness (QED) is 0.843. The molecule has 1 saturated carbocycles. The van der Waals surface area contributed by atoms with E-state index in [0.717, 1.165) is 6.42 Å². The van der Waals surface area contributed by atoms with Crippen LogP contribution in [0.1, 0.15) is 26.7 Å². The SMILES string of the molecule is CCC1OC2CC(O)C2(S(Cl)(Cl)Cl)C1C. The van der Waals surface area contributed by atoms with Crippen LogP contribution in [0.5, 0.6) is 0 Å². The van der Waals surface area contributed by atoms with Crippen LogP contribution >= 0.6 is 39.7 Å². The lowest BCUT2D eigenvalue weighted by molar-refractivity contribution is -0.0661. The molecular weight excluding hydrogens is 279 g/mol. The third-order valence-corrected chi connectivity index (χ3v) is 7.99. The smallest absolute Gasteiger partial charge is 0.0960 e. The van der Waals surface area contributed by atoms with Crippen molar-refractivity contribution in [2.24, 2.45) is 5.92 Å². The summed E-state index contributed by atoms with van der Waals surface area (Å²) in [5.74, 6) is 0.110. The summed E-state index contributed by atoms with van der Waals surface area (Å²) in [5, 5.41) is 9.98. The van der Waals surface area contributed by atoms with Gasteiger partial charge in [0.05, 0.1) is 23.1 Å². The summed E-state index contributed by atoms with van der Waals surface area (Å²) in [6, 6.07) is 0. The number of aliphatic hydroxyl groups is 1. The number of halogens is 3. The second-order valence-electron chi connectivity index (χ2n) is 4.37. The van der Waals surface area contributed by atoms with Crippen LogP contribution in [0.15, 0.2) is 0 Å². The molecule has 2 aliphatic rings. The van der Waals surface area contributed by atoms with Gasteiger partial charge in [0.2, 0.25) is 0 Å². The van der Waals surface area contributed by atoms with Crippen LogP contribution in [-0.4, -0.2) is 28.2 Å². The van der Waals surface area contributed by atoms with Crippen molar-refractivity contribution < 1.29 is 9.84 Å². The Balaban J connectivity index is 2.35. The van der Waals surface area contributed by atoms with Gasteiger partial charge in [-0.15, -0.1) is 0 Å². The maximum atomic E-state index is 9.98. The zero-order valence-corrected chi connectivity index (χ0v) is 11.7. The Morgan fingerprint density at radius 2 is 2.07 bits per heavy atom. The largest absolute Gasteiger partial charge is 0.391 e. The van der Waals surface area contributed by atoms with E-state index in [2.05, 4.69) is 6.92 Å². The normalized spacial score (nSPS) is 51.1. The van der Waals surface area contributed by atoms with Gasteiger partial charge in [0.25, 0.3) is 0 Å². The predicted octanol–water partition coefficient (Wildman–Crippen LogP) is 3.57. The summed E-state index contributed by atoms with van der Waals surface area (Å²) in [7, 11) is 16.0. The maximum Gasteiger partial charge on any atom is 0.0960 e. The number of ether oxygens (including phenoxy) is 1. The Morgan fingerprint density at radius 1 is 1.47 bits per heavy atom.